The average molecular weight is 237 g/mol. The predicted octanol–water partition coefficient (Wildman–Crippen LogP) is 1.10. The molecule has 1 heterocycles. The molecule has 94 valence electrons. The maximum atomic E-state index is 8.74. The summed E-state index contributed by atoms with van der Waals surface area (Å²) in [5.41, 5.74) is 2.27. The van der Waals surface area contributed by atoms with E-state index in [0.29, 0.717) is 13.1 Å². The normalized spacial score (nSPS) is 17.7. The monoisotopic (exact) mass is 237 g/mol. The molecule has 1 aliphatic heterocycles. The molecule has 4 heteroatoms. The quantitative estimate of drug-likeness (QED) is 0.753. The maximum absolute atomic E-state index is 8.74. The van der Waals surface area contributed by atoms with Crippen molar-refractivity contribution < 1.29 is 14.6 Å². The van der Waals surface area contributed by atoms with Gasteiger partial charge in [-0.1, -0.05) is 0 Å². The summed E-state index contributed by atoms with van der Waals surface area (Å²) in [6, 6.07) is 4.08. The van der Waals surface area contributed by atoms with Gasteiger partial charge >= 0.3 is 0 Å². The van der Waals surface area contributed by atoms with Crippen molar-refractivity contribution in [2.75, 3.05) is 20.3 Å². The third-order valence-electron chi connectivity index (χ3n) is 2.90. The van der Waals surface area contributed by atoms with Crippen LogP contribution >= 0.6 is 0 Å². The van der Waals surface area contributed by atoms with Gasteiger partial charge in [-0.2, -0.15) is 0 Å². The number of hydrogen-bond acceptors (Lipinski definition) is 4. The number of aliphatic hydroxyl groups excluding tert-OH is 1. The van der Waals surface area contributed by atoms with Crippen LogP contribution < -0.4 is 14.8 Å². The Morgan fingerprint density at radius 1 is 1.53 bits per heavy atom. The first-order valence-electron chi connectivity index (χ1n) is 5.92. The summed E-state index contributed by atoms with van der Waals surface area (Å²) in [4.78, 5) is 0. The van der Waals surface area contributed by atoms with E-state index in [2.05, 4.69) is 18.3 Å². The van der Waals surface area contributed by atoms with Gasteiger partial charge in [-0.3, -0.25) is 0 Å². The van der Waals surface area contributed by atoms with Crippen molar-refractivity contribution in [2.24, 2.45) is 0 Å². The smallest absolute Gasteiger partial charge is 0.123 e. The fourth-order valence-corrected chi connectivity index (χ4v) is 2.11. The van der Waals surface area contributed by atoms with Crippen molar-refractivity contribution >= 4 is 0 Å². The fraction of sp³-hybridized carbons (Fsp3) is 0.538. The Labute approximate surface area is 102 Å². The predicted molar refractivity (Wildman–Crippen MR) is 65.6 cm³/mol. The number of aliphatic hydroxyl groups is 1. The first-order chi connectivity index (χ1) is 8.24. The Morgan fingerprint density at radius 3 is 3.06 bits per heavy atom. The van der Waals surface area contributed by atoms with Gasteiger partial charge in [0.2, 0.25) is 0 Å². The summed E-state index contributed by atoms with van der Waals surface area (Å²) in [5, 5.41) is 11.9. The van der Waals surface area contributed by atoms with Gasteiger partial charge in [0.25, 0.3) is 0 Å². The summed E-state index contributed by atoms with van der Waals surface area (Å²) in [6.45, 7) is 3.46. The molecule has 1 aromatic rings. The highest BCUT2D eigenvalue weighted by molar-refractivity contribution is 5.48. The van der Waals surface area contributed by atoms with E-state index in [-0.39, 0.29) is 12.7 Å². The number of methoxy groups -OCH3 is 1. The Morgan fingerprint density at radius 2 is 2.35 bits per heavy atom. The molecule has 17 heavy (non-hydrogen) atoms. The van der Waals surface area contributed by atoms with E-state index in [1.54, 1.807) is 7.11 Å². The fourth-order valence-electron chi connectivity index (χ4n) is 2.11. The summed E-state index contributed by atoms with van der Waals surface area (Å²) in [5.74, 6) is 1.84. The van der Waals surface area contributed by atoms with Crippen LogP contribution in [0, 0.1) is 0 Å². The molecule has 0 fully saturated rings. The van der Waals surface area contributed by atoms with Crippen molar-refractivity contribution in [1.29, 1.82) is 0 Å². The second-order valence-corrected chi connectivity index (χ2v) is 4.30. The van der Waals surface area contributed by atoms with E-state index in [1.807, 2.05) is 6.07 Å². The van der Waals surface area contributed by atoms with Gasteiger partial charge in [0.15, 0.2) is 0 Å². The van der Waals surface area contributed by atoms with Crippen molar-refractivity contribution in [3.8, 4) is 11.5 Å². The Bertz CT molecular complexity index is 392. The lowest BCUT2D eigenvalue weighted by Gasteiger charge is -2.11. The van der Waals surface area contributed by atoms with Crippen LogP contribution in [0.15, 0.2) is 12.1 Å². The maximum Gasteiger partial charge on any atom is 0.123 e. The molecule has 4 nitrogen and oxygen atoms in total. The number of benzene rings is 1. The number of nitrogens with one attached hydrogen (secondary N) is 1. The topological polar surface area (TPSA) is 50.7 Å². The highest BCUT2D eigenvalue weighted by Gasteiger charge is 2.21. The molecular weight excluding hydrogens is 218 g/mol. The lowest BCUT2D eigenvalue weighted by molar-refractivity contribution is 0.254. The Kier molecular flexibility index (Phi) is 3.86. The van der Waals surface area contributed by atoms with Crippen LogP contribution in [0.5, 0.6) is 11.5 Å². The molecule has 1 atom stereocenters. The van der Waals surface area contributed by atoms with Crippen molar-refractivity contribution in [2.45, 2.75) is 26.0 Å². The van der Waals surface area contributed by atoms with Crippen LogP contribution in [0.3, 0.4) is 0 Å². The van der Waals surface area contributed by atoms with Crippen LogP contribution in [0.1, 0.15) is 18.1 Å². The van der Waals surface area contributed by atoms with Crippen LogP contribution in [0.25, 0.3) is 0 Å². The lowest BCUT2D eigenvalue weighted by atomic mass is 10.1. The standard InChI is InChI=1S/C13H19NO3/c1-9-5-10-6-12(16-2)11(7-13(10)17-9)8-14-3-4-15/h6-7,9,14-15H,3-5,8H2,1-2H3. The molecule has 0 saturated heterocycles. The molecule has 0 aromatic heterocycles. The van der Waals surface area contributed by atoms with Crippen LogP contribution in [0.4, 0.5) is 0 Å². The molecule has 0 amide bonds. The van der Waals surface area contributed by atoms with E-state index in [1.165, 1.54) is 5.56 Å². The number of fused-ring (bicyclic) bond motifs is 1. The molecule has 2 N–H and O–H groups in total. The zero-order valence-electron chi connectivity index (χ0n) is 10.3. The van der Waals surface area contributed by atoms with E-state index in [4.69, 9.17) is 14.6 Å². The van der Waals surface area contributed by atoms with E-state index < -0.39 is 0 Å². The van der Waals surface area contributed by atoms with Gasteiger partial charge in [0.1, 0.15) is 17.6 Å². The zero-order valence-corrected chi connectivity index (χ0v) is 10.3. The van der Waals surface area contributed by atoms with Crippen molar-refractivity contribution in [3.63, 3.8) is 0 Å². The SMILES string of the molecule is COc1cc2c(cc1CNCCO)OC(C)C2. The zero-order chi connectivity index (χ0) is 12.3. The van der Waals surface area contributed by atoms with E-state index in [0.717, 1.165) is 23.5 Å². The summed E-state index contributed by atoms with van der Waals surface area (Å²) >= 11 is 0. The molecule has 1 aromatic carbocycles. The number of hydrogen-bond donors (Lipinski definition) is 2. The summed E-state index contributed by atoms with van der Waals surface area (Å²) in [6.07, 6.45) is 1.19. The van der Waals surface area contributed by atoms with E-state index >= 15 is 0 Å². The van der Waals surface area contributed by atoms with Gasteiger partial charge in [-0.05, 0) is 19.1 Å². The summed E-state index contributed by atoms with van der Waals surface area (Å²) < 4.78 is 11.1. The average Bonchev–Trinajstić information content (AvgIpc) is 2.67. The summed E-state index contributed by atoms with van der Waals surface area (Å²) in [7, 11) is 1.68. The minimum Gasteiger partial charge on any atom is -0.496 e. The second-order valence-electron chi connectivity index (χ2n) is 4.30. The van der Waals surface area contributed by atoms with Gasteiger partial charge in [0, 0.05) is 30.6 Å². The molecule has 2 rings (SSSR count). The number of ether oxygens (including phenoxy) is 2. The van der Waals surface area contributed by atoms with Gasteiger partial charge in [0.05, 0.1) is 13.7 Å². The highest BCUT2D eigenvalue weighted by Crippen LogP contribution is 2.34. The molecule has 0 spiro atoms. The second kappa shape index (κ2) is 5.38. The molecule has 1 aliphatic rings. The van der Waals surface area contributed by atoms with E-state index in [9.17, 15) is 0 Å². The van der Waals surface area contributed by atoms with Gasteiger partial charge in [-0.25, -0.2) is 0 Å². The third kappa shape index (κ3) is 2.70. The van der Waals surface area contributed by atoms with Crippen LogP contribution in [-0.2, 0) is 13.0 Å². The largest absolute Gasteiger partial charge is 0.496 e. The van der Waals surface area contributed by atoms with Crippen LogP contribution in [0.2, 0.25) is 0 Å². The molecular formula is C13H19NO3. The molecule has 0 radical (unpaired) electrons. The van der Waals surface area contributed by atoms with Gasteiger partial charge < -0.3 is 19.9 Å². The minimum absolute atomic E-state index is 0.140. The molecule has 0 bridgehead atoms. The van der Waals surface area contributed by atoms with Gasteiger partial charge in [-0.15, -0.1) is 0 Å². The molecule has 1 unspecified atom stereocenters. The first kappa shape index (κ1) is 12.2. The first-order valence-corrected chi connectivity index (χ1v) is 5.92. The Balaban J connectivity index is 2.17. The Hall–Kier alpha value is -1.26. The minimum atomic E-state index is 0.140. The van der Waals surface area contributed by atoms with Crippen molar-refractivity contribution in [1.82, 2.24) is 5.32 Å². The highest BCUT2D eigenvalue weighted by atomic mass is 16.5. The molecule has 0 aliphatic carbocycles. The molecule has 0 saturated carbocycles. The van der Waals surface area contributed by atoms with Crippen molar-refractivity contribution in [3.05, 3.63) is 23.3 Å². The number of rotatable bonds is 5. The third-order valence-corrected chi connectivity index (χ3v) is 2.90. The van der Waals surface area contributed by atoms with Crippen LogP contribution in [-0.4, -0.2) is 31.5 Å². The lowest BCUT2D eigenvalue weighted by Crippen LogP contribution is -2.17.